The van der Waals surface area contributed by atoms with Crippen molar-refractivity contribution >= 4 is 5.91 Å². The second-order valence-corrected chi connectivity index (χ2v) is 9.33. The number of amides is 1. The molecule has 1 unspecified atom stereocenters. The van der Waals surface area contributed by atoms with Crippen LogP contribution in [0, 0.1) is 0 Å². The van der Waals surface area contributed by atoms with E-state index in [4.69, 9.17) is 4.74 Å². The average Bonchev–Trinajstić information content (AvgIpc) is 3.27. The van der Waals surface area contributed by atoms with Gasteiger partial charge in [0.05, 0.1) is 0 Å². The summed E-state index contributed by atoms with van der Waals surface area (Å²) in [6.07, 6.45) is 9.18. The number of aromatic nitrogens is 2. The van der Waals surface area contributed by atoms with Crippen molar-refractivity contribution in [3.8, 4) is 5.75 Å². The average molecular weight is 457 g/mol. The van der Waals surface area contributed by atoms with Crippen LogP contribution < -0.4 is 10.1 Å². The number of nitrogens with one attached hydrogen (secondary N) is 1. The van der Waals surface area contributed by atoms with E-state index in [1.807, 2.05) is 12.1 Å². The molecule has 184 valence electrons. The van der Waals surface area contributed by atoms with E-state index in [0.29, 0.717) is 11.6 Å². The van der Waals surface area contributed by atoms with Crippen molar-refractivity contribution in [2.24, 2.45) is 0 Å². The van der Waals surface area contributed by atoms with E-state index in [-0.39, 0.29) is 18.7 Å². The molecule has 1 atom stereocenters. The topological polar surface area (TPSA) is 59.4 Å². The Morgan fingerprint density at radius 1 is 1.00 bits per heavy atom. The largest absolute Gasteiger partial charge is 0.471 e. The Bertz CT molecular complexity index is 791. The van der Waals surface area contributed by atoms with E-state index in [9.17, 15) is 4.79 Å². The fourth-order valence-corrected chi connectivity index (χ4v) is 3.84. The van der Waals surface area contributed by atoms with Gasteiger partial charge in [0.2, 0.25) is 0 Å². The lowest BCUT2D eigenvalue weighted by atomic mass is 10.0. The van der Waals surface area contributed by atoms with E-state index in [1.165, 1.54) is 44.1 Å². The molecule has 6 nitrogen and oxygen atoms in total. The highest BCUT2D eigenvalue weighted by Crippen LogP contribution is 2.18. The van der Waals surface area contributed by atoms with E-state index in [2.05, 4.69) is 62.1 Å². The van der Waals surface area contributed by atoms with Gasteiger partial charge in [-0.1, -0.05) is 65.5 Å². The summed E-state index contributed by atoms with van der Waals surface area (Å²) in [5, 5.41) is 7.50. The van der Waals surface area contributed by atoms with E-state index >= 15 is 0 Å². The first kappa shape index (κ1) is 26.9. The van der Waals surface area contributed by atoms with Gasteiger partial charge >= 0.3 is 0 Å². The number of unbranched alkanes of at least 4 members (excludes halogenated alkanes) is 4. The Balaban J connectivity index is 1.82. The van der Waals surface area contributed by atoms with Crippen molar-refractivity contribution < 1.29 is 9.53 Å². The van der Waals surface area contributed by atoms with Crippen LogP contribution in [0.3, 0.4) is 0 Å². The quantitative estimate of drug-likeness (QED) is 0.322. The molecule has 1 N–H and O–H groups in total. The van der Waals surface area contributed by atoms with E-state index in [1.54, 1.807) is 16.9 Å². The monoisotopic (exact) mass is 456 g/mol. The number of ether oxygens (including phenoxy) is 1. The lowest BCUT2D eigenvalue weighted by Crippen LogP contribution is -2.42. The smallest absolute Gasteiger partial charge is 0.272 e. The van der Waals surface area contributed by atoms with Crippen LogP contribution in [-0.4, -0.2) is 46.3 Å². The Labute approximate surface area is 200 Å². The molecule has 6 heteroatoms. The summed E-state index contributed by atoms with van der Waals surface area (Å²) in [5.41, 5.74) is 1.70. The molecule has 1 aromatic carbocycles. The third-order valence-electron chi connectivity index (χ3n) is 5.85. The highest BCUT2D eigenvalue weighted by Gasteiger charge is 2.15. The first-order valence-corrected chi connectivity index (χ1v) is 12.7. The molecule has 1 aromatic heterocycles. The van der Waals surface area contributed by atoms with Gasteiger partial charge in [-0.05, 0) is 62.5 Å². The van der Waals surface area contributed by atoms with Crippen LogP contribution in [-0.2, 0) is 6.73 Å². The van der Waals surface area contributed by atoms with Crippen LogP contribution >= 0.6 is 0 Å². The van der Waals surface area contributed by atoms with Crippen molar-refractivity contribution in [1.29, 1.82) is 0 Å². The second kappa shape index (κ2) is 14.7. The lowest BCUT2D eigenvalue weighted by molar-refractivity contribution is 0.0921. The van der Waals surface area contributed by atoms with Gasteiger partial charge < -0.3 is 15.0 Å². The highest BCUT2D eigenvalue weighted by atomic mass is 16.5. The summed E-state index contributed by atoms with van der Waals surface area (Å²) in [5.74, 6) is 1.15. The number of hydrogen-bond donors (Lipinski definition) is 1. The van der Waals surface area contributed by atoms with Gasteiger partial charge in [-0.2, -0.15) is 5.10 Å². The minimum absolute atomic E-state index is 0.0709. The molecule has 0 saturated heterocycles. The molecule has 0 fully saturated rings. The molecular formula is C27H44N4O2. The Hall–Kier alpha value is -2.34. The summed E-state index contributed by atoms with van der Waals surface area (Å²) in [6, 6.07) is 9.92. The number of carbonyl (C=O) groups is 1. The van der Waals surface area contributed by atoms with Crippen molar-refractivity contribution in [3.05, 3.63) is 47.8 Å². The number of carbonyl (C=O) groups excluding carboxylic acids is 1. The SMILES string of the molecule is CCCCCN(CCCCC)CC(C)NC(=O)c1ccn(COc2ccc(C(C)C)cc2)n1. The molecule has 2 aromatic rings. The first-order valence-electron chi connectivity index (χ1n) is 12.7. The minimum Gasteiger partial charge on any atom is -0.471 e. The number of rotatable bonds is 16. The maximum Gasteiger partial charge on any atom is 0.272 e. The summed E-state index contributed by atoms with van der Waals surface area (Å²) in [4.78, 5) is 15.2. The summed E-state index contributed by atoms with van der Waals surface area (Å²) in [6.45, 7) is 14.2. The van der Waals surface area contributed by atoms with Gasteiger partial charge in [-0.25, -0.2) is 4.68 Å². The van der Waals surface area contributed by atoms with Gasteiger partial charge in [0.15, 0.2) is 6.73 Å². The zero-order valence-corrected chi connectivity index (χ0v) is 21.3. The lowest BCUT2D eigenvalue weighted by Gasteiger charge is -2.26. The predicted octanol–water partition coefficient (Wildman–Crippen LogP) is 5.84. The number of benzene rings is 1. The maximum atomic E-state index is 12.7. The molecule has 0 bridgehead atoms. The Kier molecular flexibility index (Phi) is 12.0. The first-order chi connectivity index (χ1) is 15.9. The van der Waals surface area contributed by atoms with Crippen LogP contribution in [0.5, 0.6) is 5.75 Å². The molecule has 0 saturated carbocycles. The van der Waals surface area contributed by atoms with Crippen molar-refractivity contribution in [2.45, 2.75) is 91.8 Å². The molecular weight excluding hydrogens is 412 g/mol. The van der Waals surface area contributed by atoms with Crippen molar-refractivity contribution in [1.82, 2.24) is 20.0 Å². The van der Waals surface area contributed by atoms with Gasteiger partial charge in [0, 0.05) is 18.8 Å². The molecule has 33 heavy (non-hydrogen) atoms. The molecule has 1 heterocycles. The van der Waals surface area contributed by atoms with Crippen LogP contribution in [0.4, 0.5) is 0 Å². The van der Waals surface area contributed by atoms with Crippen molar-refractivity contribution in [3.63, 3.8) is 0 Å². The fourth-order valence-electron chi connectivity index (χ4n) is 3.84. The second-order valence-electron chi connectivity index (χ2n) is 9.33. The van der Waals surface area contributed by atoms with Gasteiger partial charge in [0.25, 0.3) is 5.91 Å². The Morgan fingerprint density at radius 2 is 1.64 bits per heavy atom. The Morgan fingerprint density at radius 3 is 2.21 bits per heavy atom. The summed E-state index contributed by atoms with van der Waals surface area (Å²) in [7, 11) is 0. The fraction of sp³-hybridized carbons (Fsp3) is 0.630. The molecule has 0 radical (unpaired) electrons. The predicted molar refractivity (Wildman–Crippen MR) is 136 cm³/mol. The molecule has 0 spiro atoms. The molecule has 0 aliphatic rings. The normalized spacial score (nSPS) is 12.3. The number of hydrogen-bond acceptors (Lipinski definition) is 4. The van der Waals surface area contributed by atoms with Gasteiger partial charge in [-0.3, -0.25) is 4.79 Å². The van der Waals surface area contributed by atoms with E-state index < -0.39 is 0 Å². The maximum absolute atomic E-state index is 12.7. The third kappa shape index (κ3) is 9.99. The van der Waals surface area contributed by atoms with E-state index in [0.717, 1.165) is 25.4 Å². The minimum atomic E-state index is -0.135. The van der Waals surface area contributed by atoms with Crippen LogP contribution in [0.1, 0.15) is 95.1 Å². The van der Waals surface area contributed by atoms with Crippen LogP contribution in [0.15, 0.2) is 36.5 Å². The summed E-state index contributed by atoms with van der Waals surface area (Å²) >= 11 is 0. The highest BCUT2D eigenvalue weighted by molar-refractivity contribution is 5.92. The molecule has 0 aliphatic carbocycles. The van der Waals surface area contributed by atoms with Crippen LogP contribution in [0.2, 0.25) is 0 Å². The van der Waals surface area contributed by atoms with Crippen molar-refractivity contribution in [2.75, 3.05) is 19.6 Å². The van der Waals surface area contributed by atoms with Gasteiger partial charge in [-0.15, -0.1) is 0 Å². The molecule has 2 rings (SSSR count). The molecule has 0 aliphatic heterocycles. The third-order valence-corrected chi connectivity index (χ3v) is 5.85. The van der Waals surface area contributed by atoms with Crippen LogP contribution in [0.25, 0.3) is 0 Å². The number of nitrogens with zero attached hydrogens (tertiary/aromatic N) is 3. The zero-order chi connectivity index (χ0) is 24.1. The molecule has 1 amide bonds. The zero-order valence-electron chi connectivity index (χ0n) is 21.3. The summed E-state index contributed by atoms with van der Waals surface area (Å²) < 4.78 is 7.46. The standard InChI is InChI=1S/C27H44N4O2/c1-6-8-10-17-30(18-11-9-7-2)20-23(5)28-27(32)26-16-19-31(29-26)21-33-25-14-12-24(13-15-25)22(3)4/h12-16,19,22-23H,6-11,17-18,20-21H2,1-5H3,(H,28,32). The van der Waals surface area contributed by atoms with Gasteiger partial charge in [0.1, 0.15) is 11.4 Å².